The Kier molecular flexibility index (Phi) is 6.39. The summed E-state index contributed by atoms with van der Waals surface area (Å²) in [6.45, 7) is 5.30. The Balaban J connectivity index is 1.23. The molecule has 8 heteroatoms. The van der Waals surface area contributed by atoms with Crippen LogP contribution in [0, 0.1) is 0 Å². The zero-order valence-electron chi connectivity index (χ0n) is 18.5. The normalized spacial score (nSPS) is 19.1. The number of ketones is 1. The lowest BCUT2D eigenvalue weighted by Gasteiger charge is -2.36. The summed E-state index contributed by atoms with van der Waals surface area (Å²) in [5, 5.41) is 10.6. The van der Waals surface area contributed by atoms with Crippen LogP contribution in [0.15, 0.2) is 64.4 Å². The molecular formula is C25H26N4O2S2. The summed E-state index contributed by atoms with van der Waals surface area (Å²) in [4.78, 5) is 31.7. The minimum absolute atomic E-state index is 0.0179. The molecule has 0 spiro atoms. The Morgan fingerprint density at radius 3 is 2.33 bits per heavy atom. The number of thiophene rings is 2. The van der Waals surface area contributed by atoms with Crippen LogP contribution in [0.1, 0.15) is 39.5 Å². The maximum atomic E-state index is 13.3. The van der Waals surface area contributed by atoms with E-state index in [0.717, 1.165) is 54.4 Å². The van der Waals surface area contributed by atoms with Gasteiger partial charge in [0.05, 0.1) is 23.2 Å². The molecule has 1 amide bonds. The fourth-order valence-electron chi connectivity index (χ4n) is 4.37. The molecule has 3 aromatic rings. The second-order valence-electron chi connectivity index (χ2n) is 8.36. The van der Waals surface area contributed by atoms with Crippen molar-refractivity contribution in [1.82, 2.24) is 9.91 Å². The van der Waals surface area contributed by atoms with Crippen LogP contribution in [0.25, 0.3) is 0 Å². The lowest BCUT2D eigenvalue weighted by atomic mass is 10.1. The van der Waals surface area contributed by atoms with Crippen molar-refractivity contribution in [2.75, 3.05) is 37.6 Å². The van der Waals surface area contributed by atoms with Crippen LogP contribution in [0.2, 0.25) is 0 Å². The molecule has 4 heterocycles. The number of anilines is 1. The number of amides is 1. The van der Waals surface area contributed by atoms with Crippen LogP contribution in [0.4, 0.5) is 5.69 Å². The van der Waals surface area contributed by atoms with E-state index in [4.69, 9.17) is 5.10 Å². The maximum absolute atomic E-state index is 13.3. The van der Waals surface area contributed by atoms with Crippen molar-refractivity contribution in [1.29, 1.82) is 0 Å². The predicted octanol–water partition coefficient (Wildman–Crippen LogP) is 4.51. The Hall–Kier alpha value is -2.81. The van der Waals surface area contributed by atoms with Crippen LogP contribution < -0.4 is 4.90 Å². The molecule has 1 fully saturated rings. The Morgan fingerprint density at radius 1 is 0.970 bits per heavy atom. The number of hydrazone groups is 1. The van der Waals surface area contributed by atoms with Gasteiger partial charge in [0, 0.05) is 48.7 Å². The van der Waals surface area contributed by atoms with Crippen molar-refractivity contribution >= 4 is 45.8 Å². The van der Waals surface area contributed by atoms with Crippen LogP contribution in [0.5, 0.6) is 0 Å². The summed E-state index contributed by atoms with van der Waals surface area (Å²) in [7, 11) is 0. The third-order valence-electron chi connectivity index (χ3n) is 6.21. The number of Topliss-reactive ketones (excluding diaryl/α,β-unsaturated/α-hetero) is 1. The molecule has 1 saturated heterocycles. The first kappa shape index (κ1) is 22.0. The van der Waals surface area contributed by atoms with Gasteiger partial charge in [0.25, 0.3) is 5.91 Å². The highest BCUT2D eigenvalue weighted by Crippen LogP contribution is 2.36. The van der Waals surface area contributed by atoms with E-state index in [-0.39, 0.29) is 17.7 Å². The van der Waals surface area contributed by atoms with Gasteiger partial charge in [-0.3, -0.25) is 14.5 Å². The van der Waals surface area contributed by atoms with Crippen LogP contribution in [-0.4, -0.2) is 60.0 Å². The maximum Gasteiger partial charge on any atom is 0.257 e. The number of carbonyl (C=O) groups is 2. The van der Waals surface area contributed by atoms with E-state index in [1.807, 2.05) is 36.4 Å². The average Bonchev–Trinajstić information content (AvgIpc) is 3.61. The van der Waals surface area contributed by atoms with Crippen LogP contribution in [0.3, 0.4) is 0 Å². The summed E-state index contributed by atoms with van der Waals surface area (Å²) in [5.41, 5.74) is 2.85. The molecule has 2 aromatic heterocycles. The predicted molar refractivity (Wildman–Crippen MR) is 134 cm³/mol. The fourth-order valence-corrected chi connectivity index (χ4v) is 5.90. The van der Waals surface area contributed by atoms with Gasteiger partial charge in [-0.05, 0) is 54.1 Å². The zero-order valence-corrected chi connectivity index (χ0v) is 20.1. The van der Waals surface area contributed by atoms with Gasteiger partial charge >= 0.3 is 0 Å². The minimum Gasteiger partial charge on any atom is -0.369 e. The molecule has 1 aromatic carbocycles. The van der Waals surface area contributed by atoms with E-state index < -0.39 is 0 Å². The van der Waals surface area contributed by atoms with Gasteiger partial charge in [0.15, 0.2) is 5.78 Å². The third kappa shape index (κ3) is 4.78. The summed E-state index contributed by atoms with van der Waals surface area (Å²) in [6, 6.07) is 16.0. The second-order valence-corrected chi connectivity index (χ2v) is 10.3. The lowest BCUT2D eigenvalue weighted by molar-refractivity contribution is -0.134. The summed E-state index contributed by atoms with van der Waals surface area (Å²) in [6.07, 6.45) is 0.761. The number of benzene rings is 1. The van der Waals surface area contributed by atoms with E-state index in [0.29, 0.717) is 6.54 Å². The second kappa shape index (κ2) is 9.59. The molecule has 5 rings (SSSR count). The van der Waals surface area contributed by atoms with Crippen molar-refractivity contribution in [3.63, 3.8) is 0 Å². The van der Waals surface area contributed by atoms with Gasteiger partial charge in [0.2, 0.25) is 0 Å². The van der Waals surface area contributed by atoms with E-state index in [2.05, 4.69) is 32.7 Å². The number of carbonyl (C=O) groups excluding carboxylic acids is 2. The number of piperazine rings is 1. The van der Waals surface area contributed by atoms with Gasteiger partial charge in [-0.25, -0.2) is 5.01 Å². The first-order chi connectivity index (χ1) is 16.1. The van der Waals surface area contributed by atoms with Gasteiger partial charge in [-0.15, -0.1) is 22.7 Å². The van der Waals surface area contributed by atoms with Crippen LogP contribution >= 0.6 is 22.7 Å². The SMILES string of the molecule is CC(=O)c1ccc(N2CCN(CC(=O)N3N=C(c4cccs4)C[C@H]3c3cccs3)CC2)cc1. The molecule has 170 valence electrons. The van der Waals surface area contributed by atoms with Crippen molar-refractivity contribution in [2.24, 2.45) is 5.10 Å². The Labute approximate surface area is 201 Å². The fraction of sp³-hybridized carbons (Fsp3) is 0.320. The van der Waals surface area contributed by atoms with Crippen molar-refractivity contribution in [3.05, 3.63) is 74.6 Å². The van der Waals surface area contributed by atoms with Gasteiger partial charge in [0.1, 0.15) is 0 Å². The molecule has 33 heavy (non-hydrogen) atoms. The Morgan fingerprint density at radius 2 is 1.70 bits per heavy atom. The molecule has 2 aliphatic rings. The van der Waals surface area contributed by atoms with Gasteiger partial charge < -0.3 is 4.90 Å². The first-order valence-electron chi connectivity index (χ1n) is 11.1. The highest BCUT2D eigenvalue weighted by atomic mass is 32.1. The van der Waals surface area contributed by atoms with Gasteiger partial charge in [-0.2, -0.15) is 5.10 Å². The van der Waals surface area contributed by atoms with E-state index in [1.54, 1.807) is 34.6 Å². The summed E-state index contributed by atoms with van der Waals surface area (Å²) < 4.78 is 0. The van der Waals surface area contributed by atoms with E-state index in [9.17, 15) is 9.59 Å². The van der Waals surface area contributed by atoms with E-state index >= 15 is 0 Å². The van der Waals surface area contributed by atoms with Crippen molar-refractivity contribution in [3.8, 4) is 0 Å². The molecule has 0 aliphatic carbocycles. The third-order valence-corrected chi connectivity index (χ3v) is 8.11. The van der Waals surface area contributed by atoms with Crippen molar-refractivity contribution < 1.29 is 9.59 Å². The molecule has 6 nitrogen and oxygen atoms in total. The topological polar surface area (TPSA) is 56.2 Å². The molecule has 0 unspecified atom stereocenters. The Bertz CT molecular complexity index is 1130. The molecule has 2 aliphatic heterocycles. The van der Waals surface area contributed by atoms with Crippen molar-refractivity contribution in [2.45, 2.75) is 19.4 Å². The number of hydrogen-bond acceptors (Lipinski definition) is 7. The number of nitrogens with zero attached hydrogens (tertiary/aromatic N) is 4. The number of hydrogen-bond donors (Lipinski definition) is 0. The molecule has 0 N–H and O–H groups in total. The van der Waals surface area contributed by atoms with Crippen LogP contribution in [-0.2, 0) is 4.79 Å². The quantitative estimate of drug-likeness (QED) is 0.489. The highest BCUT2D eigenvalue weighted by Gasteiger charge is 2.35. The highest BCUT2D eigenvalue weighted by molar-refractivity contribution is 7.12. The lowest BCUT2D eigenvalue weighted by Crippen LogP contribution is -2.49. The monoisotopic (exact) mass is 478 g/mol. The molecular weight excluding hydrogens is 452 g/mol. The summed E-state index contributed by atoms with van der Waals surface area (Å²) in [5.74, 6) is 0.136. The van der Waals surface area contributed by atoms with E-state index in [1.165, 1.54) is 4.88 Å². The largest absolute Gasteiger partial charge is 0.369 e. The standard InChI is InChI=1S/C25H26N4O2S2/c1-18(30)19-6-8-20(9-7-19)28-12-10-27(11-13-28)17-25(31)29-22(24-5-3-15-33-24)16-21(26-29)23-4-2-14-32-23/h2-9,14-15,22H,10-13,16-17H2,1H3/t22-/m0/s1. The zero-order chi connectivity index (χ0) is 22.8. The number of rotatable bonds is 6. The molecule has 0 saturated carbocycles. The molecule has 0 bridgehead atoms. The molecule has 1 atom stereocenters. The summed E-state index contributed by atoms with van der Waals surface area (Å²) >= 11 is 3.35. The molecule has 0 radical (unpaired) electrons. The average molecular weight is 479 g/mol. The smallest absolute Gasteiger partial charge is 0.257 e. The van der Waals surface area contributed by atoms with Gasteiger partial charge in [-0.1, -0.05) is 12.1 Å². The first-order valence-corrected chi connectivity index (χ1v) is 12.9. The minimum atomic E-state index is -0.0179.